The van der Waals surface area contributed by atoms with Gasteiger partial charge in [0.05, 0.1) is 5.70 Å². The molecule has 0 spiro atoms. The molecule has 4 nitrogen and oxygen atoms in total. The highest BCUT2D eigenvalue weighted by atomic mass is 16.6. The van der Waals surface area contributed by atoms with Crippen LogP contribution in [0.5, 0.6) is 0 Å². The van der Waals surface area contributed by atoms with Gasteiger partial charge in [0.1, 0.15) is 6.61 Å². The van der Waals surface area contributed by atoms with Gasteiger partial charge in [0, 0.05) is 13.0 Å². The summed E-state index contributed by atoms with van der Waals surface area (Å²) >= 11 is 0. The molecule has 2 aromatic rings. The molecule has 0 unspecified atom stereocenters. The third kappa shape index (κ3) is 4.82. The molecule has 0 radical (unpaired) electrons. The Labute approximate surface area is 154 Å². The predicted octanol–water partition coefficient (Wildman–Crippen LogP) is 4.50. The first-order chi connectivity index (χ1) is 12.7. The normalized spacial score (nSPS) is 14.3. The summed E-state index contributed by atoms with van der Waals surface area (Å²) in [4.78, 5) is 26.9. The number of hydrogen-bond acceptors (Lipinski definition) is 3. The van der Waals surface area contributed by atoms with Crippen LogP contribution in [0.4, 0.5) is 4.79 Å². The van der Waals surface area contributed by atoms with Crippen molar-refractivity contribution in [3.05, 3.63) is 83.6 Å². The van der Waals surface area contributed by atoms with Gasteiger partial charge in [0.25, 0.3) is 0 Å². The summed E-state index contributed by atoms with van der Waals surface area (Å²) < 4.78 is 5.45. The first-order valence-electron chi connectivity index (χ1n) is 8.99. The van der Waals surface area contributed by atoms with Gasteiger partial charge in [0.2, 0.25) is 0 Å². The number of ether oxygens (including phenoxy) is 1. The quantitative estimate of drug-likeness (QED) is 0.798. The van der Waals surface area contributed by atoms with Crippen LogP contribution >= 0.6 is 0 Å². The van der Waals surface area contributed by atoms with Crippen LogP contribution in [0.15, 0.2) is 72.4 Å². The van der Waals surface area contributed by atoms with Crippen molar-refractivity contribution < 1.29 is 14.3 Å². The van der Waals surface area contributed by atoms with Gasteiger partial charge in [-0.15, -0.1) is 0 Å². The van der Waals surface area contributed by atoms with Crippen molar-refractivity contribution in [1.82, 2.24) is 4.90 Å². The molecule has 1 aliphatic heterocycles. The third-order valence-corrected chi connectivity index (χ3v) is 4.38. The van der Waals surface area contributed by atoms with Crippen molar-refractivity contribution in [3.8, 4) is 0 Å². The van der Waals surface area contributed by atoms with E-state index in [0.29, 0.717) is 12.2 Å². The van der Waals surface area contributed by atoms with E-state index in [2.05, 4.69) is 0 Å². The zero-order valence-corrected chi connectivity index (χ0v) is 14.8. The lowest BCUT2D eigenvalue weighted by Gasteiger charge is -2.23. The van der Waals surface area contributed by atoms with E-state index in [1.807, 2.05) is 66.7 Å². The minimum atomic E-state index is -0.455. The Morgan fingerprint density at radius 2 is 1.54 bits per heavy atom. The van der Waals surface area contributed by atoms with E-state index in [9.17, 15) is 9.59 Å². The fraction of sp³-hybridized carbons (Fsp3) is 0.273. The molecule has 3 rings (SSSR count). The molecule has 0 aromatic heterocycles. The van der Waals surface area contributed by atoms with E-state index in [0.717, 1.165) is 30.4 Å². The molecule has 0 atom stereocenters. The number of Topliss-reactive ketones (excluding diaryl/α,β-unsaturated/α-hetero) is 1. The molecule has 134 valence electrons. The lowest BCUT2D eigenvalue weighted by molar-refractivity contribution is -0.116. The van der Waals surface area contributed by atoms with E-state index in [1.54, 1.807) is 0 Å². The maximum Gasteiger partial charge on any atom is 0.414 e. The van der Waals surface area contributed by atoms with E-state index in [4.69, 9.17) is 4.74 Å². The highest BCUT2D eigenvalue weighted by Gasteiger charge is 2.25. The van der Waals surface area contributed by atoms with Gasteiger partial charge in [-0.2, -0.15) is 0 Å². The van der Waals surface area contributed by atoms with E-state index >= 15 is 0 Å². The van der Waals surface area contributed by atoms with E-state index in [1.165, 1.54) is 4.90 Å². The number of rotatable bonds is 5. The number of allylic oxidation sites excluding steroid dienone is 2. The number of hydrogen-bond donors (Lipinski definition) is 0. The number of nitrogens with zero attached hydrogens (tertiary/aromatic N) is 1. The molecule has 0 N–H and O–H groups in total. The van der Waals surface area contributed by atoms with Gasteiger partial charge in [-0.25, -0.2) is 4.79 Å². The Kier molecular flexibility index (Phi) is 6.20. The lowest BCUT2D eigenvalue weighted by atomic mass is 10.1. The molecule has 0 bridgehead atoms. The number of amides is 1. The van der Waals surface area contributed by atoms with Gasteiger partial charge >= 0.3 is 6.09 Å². The monoisotopic (exact) mass is 349 g/mol. The van der Waals surface area contributed by atoms with E-state index in [-0.39, 0.29) is 18.8 Å². The predicted molar refractivity (Wildman–Crippen MR) is 100 cm³/mol. The lowest BCUT2D eigenvalue weighted by Crippen LogP contribution is -2.35. The molecule has 4 heteroatoms. The fourth-order valence-electron chi connectivity index (χ4n) is 3.01. The highest BCUT2D eigenvalue weighted by molar-refractivity contribution is 5.99. The molecule has 1 aliphatic rings. The fourth-order valence-corrected chi connectivity index (χ4v) is 3.01. The topological polar surface area (TPSA) is 46.6 Å². The number of carbonyl (C=O) groups excluding carboxylic acids is 2. The Bertz CT molecular complexity index is 768. The van der Waals surface area contributed by atoms with Gasteiger partial charge in [0.15, 0.2) is 5.78 Å². The molecule has 0 aliphatic carbocycles. The minimum Gasteiger partial charge on any atom is -0.444 e. The third-order valence-electron chi connectivity index (χ3n) is 4.38. The second-order valence-corrected chi connectivity index (χ2v) is 6.36. The summed E-state index contributed by atoms with van der Waals surface area (Å²) in [7, 11) is 0. The number of carbonyl (C=O) groups is 2. The van der Waals surface area contributed by atoms with Crippen LogP contribution in [-0.2, 0) is 22.6 Å². The van der Waals surface area contributed by atoms with Crippen LogP contribution in [0, 0.1) is 0 Å². The average Bonchev–Trinajstić information content (AvgIpc) is 2.94. The van der Waals surface area contributed by atoms with Crippen LogP contribution in [0.3, 0.4) is 0 Å². The van der Waals surface area contributed by atoms with Crippen molar-refractivity contribution in [1.29, 1.82) is 0 Å². The van der Waals surface area contributed by atoms with Crippen LogP contribution in [0.2, 0.25) is 0 Å². The van der Waals surface area contributed by atoms with Crippen LogP contribution in [0.1, 0.15) is 30.4 Å². The summed E-state index contributed by atoms with van der Waals surface area (Å²) in [6.45, 7) is 0.719. The Morgan fingerprint density at radius 3 is 2.23 bits per heavy atom. The number of ketones is 1. The zero-order chi connectivity index (χ0) is 18.2. The van der Waals surface area contributed by atoms with Crippen molar-refractivity contribution in [2.45, 2.75) is 32.3 Å². The molecule has 0 saturated carbocycles. The van der Waals surface area contributed by atoms with Gasteiger partial charge in [-0.05, 0) is 30.4 Å². The smallest absolute Gasteiger partial charge is 0.414 e. The summed E-state index contributed by atoms with van der Waals surface area (Å²) in [5.74, 6) is -0.0465. The summed E-state index contributed by atoms with van der Waals surface area (Å²) in [5.41, 5.74) is 2.33. The Hall–Kier alpha value is -2.88. The van der Waals surface area contributed by atoms with Crippen molar-refractivity contribution in [2.75, 3.05) is 6.54 Å². The van der Waals surface area contributed by atoms with Gasteiger partial charge in [-0.1, -0.05) is 66.7 Å². The van der Waals surface area contributed by atoms with E-state index < -0.39 is 6.09 Å². The van der Waals surface area contributed by atoms with Crippen LogP contribution in [0.25, 0.3) is 0 Å². The molecule has 0 fully saturated rings. The summed E-state index contributed by atoms with van der Waals surface area (Å²) in [6, 6.07) is 19.1. The maximum atomic E-state index is 12.8. The average molecular weight is 349 g/mol. The second kappa shape index (κ2) is 8.99. The molecule has 2 aromatic carbocycles. The molecule has 0 saturated heterocycles. The molecular weight excluding hydrogens is 326 g/mol. The first-order valence-corrected chi connectivity index (χ1v) is 8.99. The van der Waals surface area contributed by atoms with Crippen molar-refractivity contribution in [2.24, 2.45) is 0 Å². The maximum absolute atomic E-state index is 12.8. The van der Waals surface area contributed by atoms with Crippen molar-refractivity contribution in [3.63, 3.8) is 0 Å². The van der Waals surface area contributed by atoms with Gasteiger partial charge in [-0.3, -0.25) is 9.69 Å². The van der Waals surface area contributed by atoms with Crippen LogP contribution < -0.4 is 0 Å². The SMILES string of the molecule is O=C(Cc1ccccc1)C1=CCCCCN1C(=O)OCc1ccccc1. The summed E-state index contributed by atoms with van der Waals surface area (Å²) in [5, 5.41) is 0. The molecule has 26 heavy (non-hydrogen) atoms. The number of benzene rings is 2. The van der Waals surface area contributed by atoms with Gasteiger partial charge < -0.3 is 4.74 Å². The Balaban J connectivity index is 1.68. The molecule has 1 amide bonds. The standard InChI is InChI=1S/C22H23NO3/c24-21(16-18-10-4-1-5-11-18)20-14-8-3-9-15-23(20)22(25)26-17-19-12-6-2-7-13-19/h1-2,4-7,10-14H,3,8-9,15-17H2. The molecular formula is C22H23NO3. The van der Waals surface area contributed by atoms with Crippen molar-refractivity contribution >= 4 is 11.9 Å². The molecule has 1 heterocycles. The zero-order valence-electron chi connectivity index (χ0n) is 14.8. The highest BCUT2D eigenvalue weighted by Crippen LogP contribution is 2.19. The second-order valence-electron chi connectivity index (χ2n) is 6.36. The largest absolute Gasteiger partial charge is 0.444 e. The first kappa shape index (κ1) is 17.9. The van der Waals surface area contributed by atoms with Crippen LogP contribution in [-0.4, -0.2) is 23.3 Å². The minimum absolute atomic E-state index is 0.0465. The Morgan fingerprint density at radius 1 is 0.885 bits per heavy atom. The summed E-state index contributed by atoms with van der Waals surface area (Å²) in [6.07, 6.45) is 4.34.